The third kappa shape index (κ3) is 3.53. The maximum atomic E-state index is 12.9. The first kappa shape index (κ1) is 13.6. The Labute approximate surface area is 100 Å². The average Bonchev–Trinajstić information content (AvgIpc) is 2.36. The van der Waals surface area contributed by atoms with E-state index >= 15 is 0 Å². The molecule has 0 spiro atoms. The maximum Gasteiger partial charge on any atom is 0.153 e. The number of hydrogen-bond acceptors (Lipinski definition) is 3. The molecule has 0 heterocycles. The summed E-state index contributed by atoms with van der Waals surface area (Å²) in [5, 5.41) is 10.0. The van der Waals surface area contributed by atoms with Gasteiger partial charge in [-0.05, 0) is 31.0 Å². The summed E-state index contributed by atoms with van der Waals surface area (Å²) >= 11 is 0. The Morgan fingerprint density at radius 2 is 2.06 bits per heavy atom. The summed E-state index contributed by atoms with van der Waals surface area (Å²) in [5.41, 5.74) is -0.756. The minimum absolute atomic E-state index is 0.0898. The number of aliphatic hydroxyl groups is 1. The smallest absolute Gasteiger partial charge is 0.153 e. The van der Waals surface area contributed by atoms with Crippen molar-refractivity contribution in [2.45, 2.75) is 32.3 Å². The molecule has 4 heteroatoms. The highest BCUT2D eigenvalue weighted by atomic mass is 19.1. The zero-order valence-corrected chi connectivity index (χ0v) is 10.1. The Balaban J connectivity index is 2.78. The van der Waals surface area contributed by atoms with Crippen molar-refractivity contribution < 1.29 is 19.0 Å². The molecular weight excluding hydrogens is 223 g/mol. The van der Waals surface area contributed by atoms with E-state index in [9.17, 15) is 14.3 Å². The lowest BCUT2D eigenvalue weighted by Gasteiger charge is -2.25. The molecule has 0 fully saturated rings. The van der Waals surface area contributed by atoms with Gasteiger partial charge in [-0.15, -0.1) is 0 Å². The van der Waals surface area contributed by atoms with Gasteiger partial charge in [-0.2, -0.15) is 0 Å². The number of aldehydes is 1. The Morgan fingerprint density at radius 3 is 2.59 bits per heavy atom. The Kier molecular flexibility index (Phi) is 4.63. The number of carbonyl (C=O) groups is 1. The Bertz CT molecular complexity index is 386. The van der Waals surface area contributed by atoms with Crippen molar-refractivity contribution in [1.29, 1.82) is 0 Å². The first-order chi connectivity index (χ1) is 8.04. The molecule has 0 saturated carbocycles. The molecule has 0 bridgehead atoms. The average molecular weight is 240 g/mol. The molecule has 0 amide bonds. The first-order valence-electron chi connectivity index (χ1n) is 5.64. The number of hydrogen-bond donors (Lipinski definition) is 1. The fourth-order valence-electron chi connectivity index (χ4n) is 1.41. The van der Waals surface area contributed by atoms with E-state index in [0.717, 1.165) is 6.07 Å². The van der Waals surface area contributed by atoms with Crippen LogP contribution in [0.3, 0.4) is 0 Å². The van der Waals surface area contributed by atoms with Crippen LogP contribution in [0.15, 0.2) is 18.2 Å². The van der Waals surface area contributed by atoms with E-state index in [4.69, 9.17) is 4.74 Å². The van der Waals surface area contributed by atoms with E-state index in [-0.39, 0.29) is 12.2 Å². The highest BCUT2D eigenvalue weighted by Crippen LogP contribution is 2.21. The SMILES string of the molecule is CCC(O)(CC)COc1ccc(F)cc1C=O. The van der Waals surface area contributed by atoms with Gasteiger partial charge in [0, 0.05) is 0 Å². The van der Waals surface area contributed by atoms with Crippen molar-refractivity contribution in [2.24, 2.45) is 0 Å². The van der Waals surface area contributed by atoms with Crippen LogP contribution in [0.25, 0.3) is 0 Å². The van der Waals surface area contributed by atoms with E-state index < -0.39 is 11.4 Å². The van der Waals surface area contributed by atoms with Gasteiger partial charge in [-0.25, -0.2) is 4.39 Å². The third-order valence-corrected chi connectivity index (χ3v) is 2.91. The topological polar surface area (TPSA) is 46.5 Å². The Morgan fingerprint density at radius 1 is 1.41 bits per heavy atom. The van der Waals surface area contributed by atoms with Crippen LogP contribution >= 0.6 is 0 Å². The van der Waals surface area contributed by atoms with Crippen LogP contribution in [-0.2, 0) is 0 Å². The van der Waals surface area contributed by atoms with Crippen LogP contribution < -0.4 is 4.74 Å². The monoisotopic (exact) mass is 240 g/mol. The van der Waals surface area contributed by atoms with Gasteiger partial charge >= 0.3 is 0 Å². The molecule has 0 saturated heterocycles. The van der Waals surface area contributed by atoms with Gasteiger partial charge in [0.15, 0.2) is 6.29 Å². The molecule has 1 N–H and O–H groups in total. The van der Waals surface area contributed by atoms with Gasteiger partial charge in [0.05, 0.1) is 11.2 Å². The molecule has 1 rings (SSSR count). The quantitative estimate of drug-likeness (QED) is 0.777. The van der Waals surface area contributed by atoms with Gasteiger partial charge in [0.25, 0.3) is 0 Å². The normalized spacial score (nSPS) is 11.3. The molecule has 1 aromatic rings. The Hall–Kier alpha value is -1.42. The first-order valence-corrected chi connectivity index (χ1v) is 5.64. The van der Waals surface area contributed by atoms with Crippen molar-refractivity contribution in [3.8, 4) is 5.75 Å². The molecule has 0 atom stereocenters. The summed E-state index contributed by atoms with van der Waals surface area (Å²) in [5.74, 6) is -0.192. The van der Waals surface area contributed by atoms with Gasteiger partial charge in [0.2, 0.25) is 0 Å². The van der Waals surface area contributed by atoms with Crippen molar-refractivity contribution in [2.75, 3.05) is 6.61 Å². The third-order valence-electron chi connectivity index (χ3n) is 2.91. The maximum absolute atomic E-state index is 12.9. The number of carbonyl (C=O) groups excluding carboxylic acids is 1. The van der Waals surface area contributed by atoms with Crippen molar-refractivity contribution in [1.82, 2.24) is 0 Å². The minimum atomic E-state index is -0.908. The van der Waals surface area contributed by atoms with E-state index in [2.05, 4.69) is 0 Å². The van der Waals surface area contributed by atoms with Crippen LogP contribution in [0.4, 0.5) is 4.39 Å². The molecule has 0 aliphatic rings. The number of halogens is 1. The summed E-state index contributed by atoms with van der Waals surface area (Å²) in [7, 11) is 0. The highest BCUT2D eigenvalue weighted by Gasteiger charge is 2.23. The van der Waals surface area contributed by atoms with Crippen molar-refractivity contribution >= 4 is 6.29 Å². The number of benzene rings is 1. The minimum Gasteiger partial charge on any atom is -0.490 e. The standard InChI is InChI=1S/C13H17FO3/c1-3-13(16,4-2)9-17-12-6-5-11(14)7-10(12)8-15/h5-8,16H,3-4,9H2,1-2H3. The van der Waals surface area contributed by atoms with Gasteiger partial charge in [-0.1, -0.05) is 13.8 Å². The summed E-state index contributed by atoms with van der Waals surface area (Å²) in [6.45, 7) is 3.81. The van der Waals surface area contributed by atoms with Crippen LogP contribution in [-0.4, -0.2) is 23.6 Å². The molecular formula is C13H17FO3. The number of ether oxygens (including phenoxy) is 1. The second-order valence-electron chi connectivity index (χ2n) is 4.02. The molecule has 0 aliphatic carbocycles. The van der Waals surface area contributed by atoms with Crippen LogP contribution in [0, 0.1) is 5.82 Å². The molecule has 17 heavy (non-hydrogen) atoms. The van der Waals surface area contributed by atoms with E-state index in [1.165, 1.54) is 12.1 Å². The molecule has 0 unspecified atom stereocenters. The fraction of sp³-hybridized carbons (Fsp3) is 0.462. The van der Waals surface area contributed by atoms with Gasteiger partial charge in [-0.3, -0.25) is 4.79 Å². The molecule has 3 nitrogen and oxygen atoms in total. The lowest BCUT2D eigenvalue weighted by atomic mass is 9.99. The van der Waals surface area contributed by atoms with E-state index in [0.29, 0.717) is 24.9 Å². The summed E-state index contributed by atoms with van der Waals surface area (Å²) in [6.07, 6.45) is 1.65. The van der Waals surface area contributed by atoms with E-state index in [1.807, 2.05) is 13.8 Å². The predicted molar refractivity (Wildman–Crippen MR) is 62.8 cm³/mol. The predicted octanol–water partition coefficient (Wildman–Crippen LogP) is 2.57. The summed E-state index contributed by atoms with van der Waals surface area (Å²) < 4.78 is 18.3. The van der Waals surface area contributed by atoms with Crippen LogP contribution in [0.5, 0.6) is 5.75 Å². The second-order valence-corrected chi connectivity index (χ2v) is 4.02. The summed E-state index contributed by atoms with van der Waals surface area (Å²) in [6, 6.07) is 3.73. The summed E-state index contributed by atoms with van der Waals surface area (Å²) in [4.78, 5) is 10.7. The van der Waals surface area contributed by atoms with Crippen LogP contribution in [0.1, 0.15) is 37.0 Å². The zero-order chi connectivity index (χ0) is 12.9. The molecule has 0 radical (unpaired) electrons. The highest BCUT2D eigenvalue weighted by molar-refractivity contribution is 5.79. The zero-order valence-electron chi connectivity index (χ0n) is 10.1. The lowest BCUT2D eigenvalue weighted by molar-refractivity contribution is -0.0115. The van der Waals surface area contributed by atoms with Crippen molar-refractivity contribution in [3.63, 3.8) is 0 Å². The van der Waals surface area contributed by atoms with Crippen molar-refractivity contribution in [3.05, 3.63) is 29.6 Å². The molecule has 1 aromatic carbocycles. The van der Waals surface area contributed by atoms with E-state index in [1.54, 1.807) is 0 Å². The van der Waals surface area contributed by atoms with Crippen LogP contribution in [0.2, 0.25) is 0 Å². The van der Waals surface area contributed by atoms with Gasteiger partial charge < -0.3 is 9.84 Å². The fourth-order valence-corrected chi connectivity index (χ4v) is 1.41. The lowest BCUT2D eigenvalue weighted by Crippen LogP contribution is -2.34. The molecule has 0 aliphatic heterocycles. The second kappa shape index (κ2) is 5.77. The molecule has 94 valence electrons. The largest absolute Gasteiger partial charge is 0.490 e. The molecule has 0 aromatic heterocycles. The van der Waals surface area contributed by atoms with Gasteiger partial charge in [0.1, 0.15) is 18.2 Å². The number of rotatable bonds is 6.